The van der Waals surface area contributed by atoms with Gasteiger partial charge in [-0.15, -0.1) is 0 Å². The van der Waals surface area contributed by atoms with Gasteiger partial charge in [0.2, 0.25) is 0 Å². The van der Waals surface area contributed by atoms with Crippen molar-refractivity contribution in [3.63, 3.8) is 0 Å². The first-order valence-electron chi connectivity index (χ1n) is 5.43. The van der Waals surface area contributed by atoms with E-state index in [0.29, 0.717) is 11.3 Å². The minimum Gasteiger partial charge on any atom is -0.424 e. The maximum Gasteiger partial charge on any atom is 0.321 e. The number of rotatable bonds is 3. The van der Waals surface area contributed by atoms with Gasteiger partial charge in [-0.3, -0.25) is 4.79 Å². The lowest BCUT2D eigenvalue weighted by molar-refractivity contribution is 0.0827. The van der Waals surface area contributed by atoms with E-state index in [2.05, 4.69) is 9.97 Å². The molecule has 0 aliphatic carbocycles. The van der Waals surface area contributed by atoms with E-state index in [1.807, 2.05) is 0 Å². The number of hydrogen-bond acceptors (Lipinski definition) is 4. The summed E-state index contributed by atoms with van der Waals surface area (Å²) >= 11 is 0. The van der Waals surface area contributed by atoms with Crippen LogP contribution in [0.25, 0.3) is 0 Å². The fraction of sp³-hybridized carbons (Fsp3) is 0.154. The lowest BCUT2D eigenvalue weighted by Crippen LogP contribution is -2.21. The topological polar surface area (TPSA) is 55.3 Å². The van der Waals surface area contributed by atoms with E-state index in [-0.39, 0.29) is 11.9 Å². The molecule has 92 valence electrons. The maximum atomic E-state index is 11.7. The molecule has 0 spiro atoms. The summed E-state index contributed by atoms with van der Waals surface area (Å²) in [5, 5.41) is 0. The number of ether oxygens (including phenoxy) is 1. The normalized spacial score (nSPS) is 9.89. The van der Waals surface area contributed by atoms with E-state index in [4.69, 9.17) is 4.74 Å². The highest BCUT2D eigenvalue weighted by Gasteiger charge is 2.07. The highest BCUT2D eigenvalue weighted by atomic mass is 16.5. The molecular formula is C13H13N3O2. The Labute approximate surface area is 105 Å². The molecule has 0 saturated carbocycles. The largest absolute Gasteiger partial charge is 0.424 e. The number of nitrogens with zero attached hydrogens (tertiary/aromatic N) is 3. The van der Waals surface area contributed by atoms with Crippen molar-refractivity contribution < 1.29 is 9.53 Å². The maximum absolute atomic E-state index is 11.7. The van der Waals surface area contributed by atoms with Gasteiger partial charge in [-0.25, -0.2) is 9.97 Å². The molecule has 5 nitrogen and oxygen atoms in total. The van der Waals surface area contributed by atoms with Crippen LogP contribution in [-0.4, -0.2) is 34.9 Å². The summed E-state index contributed by atoms with van der Waals surface area (Å²) in [7, 11) is 3.43. The molecule has 18 heavy (non-hydrogen) atoms. The third-order valence-corrected chi connectivity index (χ3v) is 2.26. The summed E-state index contributed by atoms with van der Waals surface area (Å²) in [6.07, 6.45) is 3.21. The van der Waals surface area contributed by atoms with Gasteiger partial charge in [0.05, 0.1) is 0 Å². The molecule has 0 N–H and O–H groups in total. The minimum atomic E-state index is -0.0440. The van der Waals surface area contributed by atoms with Crippen LogP contribution in [0.4, 0.5) is 0 Å². The summed E-state index contributed by atoms with van der Waals surface area (Å²) in [5.74, 6) is 0.550. The first kappa shape index (κ1) is 12.0. The number of carbonyl (C=O) groups excluding carboxylic acids is 1. The zero-order valence-electron chi connectivity index (χ0n) is 10.2. The smallest absolute Gasteiger partial charge is 0.321 e. The van der Waals surface area contributed by atoms with E-state index >= 15 is 0 Å². The average molecular weight is 243 g/mol. The van der Waals surface area contributed by atoms with Crippen molar-refractivity contribution in [3.05, 3.63) is 48.3 Å². The monoisotopic (exact) mass is 243 g/mol. The van der Waals surface area contributed by atoms with Crippen LogP contribution in [0, 0.1) is 0 Å². The Kier molecular flexibility index (Phi) is 3.52. The first-order valence-corrected chi connectivity index (χ1v) is 5.43. The molecule has 0 fully saturated rings. The number of carbonyl (C=O) groups is 1. The number of aromatic nitrogens is 2. The van der Waals surface area contributed by atoms with Gasteiger partial charge < -0.3 is 9.64 Å². The van der Waals surface area contributed by atoms with Crippen LogP contribution >= 0.6 is 0 Å². The Morgan fingerprint density at radius 1 is 1.11 bits per heavy atom. The molecule has 0 bridgehead atoms. The first-order chi connectivity index (χ1) is 8.66. The van der Waals surface area contributed by atoms with Gasteiger partial charge in [-0.2, -0.15) is 0 Å². The number of benzene rings is 1. The lowest BCUT2D eigenvalue weighted by atomic mass is 10.2. The SMILES string of the molecule is CN(C)C(=O)c1ccc(Oc2ncccn2)cc1. The zero-order valence-corrected chi connectivity index (χ0v) is 10.2. The second-order valence-electron chi connectivity index (χ2n) is 3.86. The van der Waals surface area contributed by atoms with Gasteiger partial charge in [0, 0.05) is 32.1 Å². The Hall–Kier alpha value is -2.43. The van der Waals surface area contributed by atoms with Gasteiger partial charge in [0.25, 0.3) is 5.91 Å². The molecular weight excluding hydrogens is 230 g/mol. The van der Waals surface area contributed by atoms with Crippen molar-refractivity contribution in [1.82, 2.24) is 14.9 Å². The summed E-state index contributed by atoms with van der Waals surface area (Å²) in [6.45, 7) is 0. The molecule has 1 aromatic carbocycles. The van der Waals surface area contributed by atoms with Gasteiger partial charge in [-0.05, 0) is 30.3 Å². The molecule has 0 aliphatic rings. The zero-order chi connectivity index (χ0) is 13.0. The Bertz CT molecular complexity index is 524. The van der Waals surface area contributed by atoms with E-state index in [9.17, 15) is 4.79 Å². The number of hydrogen-bond donors (Lipinski definition) is 0. The van der Waals surface area contributed by atoms with E-state index in [1.54, 1.807) is 56.8 Å². The van der Waals surface area contributed by atoms with Crippen molar-refractivity contribution in [2.24, 2.45) is 0 Å². The fourth-order valence-corrected chi connectivity index (χ4v) is 1.37. The Balaban J connectivity index is 2.11. The van der Waals surface area contributed by atoms with Crippen LogP contribution in [0.3, 0.4) is 0 Å². The van der Waals surface area contributed by atoms with Crippen LogP contribution in [0.1, 0.15) is 10.4 Å². The van der Waals surface area contributed by atoms with Crippen LogP contribution < -0.4 is 4.74 Å². The third kappa shape index (κ3) is 2.82. The Morgan fingerprint density at radius 3 is 2.28 bits per heavy atom. The van der Waals surface area contributed by atoms with Crippen molar-refractivity contribution in [3.8, 4) is 11.8 Å². The molecule has 0 aliphatic heterocycles. The highest BCUT2D eigenvalue weighted by molar-refractivity contribution is 5.93. The number of amides is 1. The third-order valence-electron chi connectivity index (χ3n) is 2.26. The molecule has 0 saturated heterocycles. The highest BCUT2D eigenvalue weighted by Crippen LogP contribution is 2.17. The predicted molar refractivity (Wildman–Crippen MR) is 66.6 cm³/mol. The van der Waals surface area contributed by atoms with Crippen molar-refractivity contribution in [2.75, 3.05) is 14.1 Å². The van der Waals surface area contributed by atoms with E-state index in [0.717, 1.165) is 0 Å². The quantitative estimate of drug-likeness (QED) is 0.827. The molecule has 2 rings (SSSR count). The molecule has 0 unspecified atom stereocenters. The molecule has 1 heterocycles. The molecule has 5 heteroatoms. The molecule has 0 radical (unpaired) electrons. The summed E-state index contributed by atoms with van der Waals surface area (Å²) in [6, 6.07) is 8.84. The van der Waals surface area contributed by atoms with Gasteiger partial charge in [-0.1, -0.05) is 0 Å². The van der Waals surface area contributed by atoms with Crippen molar-refractivity contribution >= 4 is 5.91 Å². The average Bonchev–Trinajstić information content (AvgIpc) is 2.40. The van der Waals surface area contributed by atoms with E-state index in [1.165, 1.54) is 4.90 Å². The summed E-state index contributed by atoms with van der Waals surface area (Å²) in [5.41, 5.74) is 0.612. The minimum absolute atomic E-state index is 0.0440. The van der Waals surface area contributed by atoms with Crippen LogP contribution in [-0.2, 0) is 0 Å². The summed E-state index contributed by atoms with van der Waals surface area (Å²) in [4.78, 5) is 21.1. The Morgan fingerprint density at radius 2 is 1.72 bits per heavy atom. The second kappa shape index (κ2) is 5.27. The lowest BCUT2D eigenvalue weighted by Gasteiger charge is -2.10. The molecule has 1 aromatic heterocycles. The van der Waals surface area contributed by atoms with Gasteiger partial charge in [0.1, 0.15) is 5.75 Å². The van der Waals surface area contributed by atoms with Crippen molar-refractivity contribution in [2.45, 2.75) is 0 Å². The fourth-order valence-electron chi connectivity index (χ4n) is 1.37. The van der Waals surface area contributed by atoms with Crippen LogP contribution in [0.5, 0.6) is 11.8 Å². The van der Waals surface area contributed by atoms with Crippen LogP contribution in [0.15, 0.2) is 42.7 Å². The van der Waals surface area contributed by atoms with Crippen LogP contribution in [0.2, 0.25) is 0 Å². The van der Waals surface area contributed by atoms with Gasteiger partial charge >= 0.3 is 6.01 Å². The predicted octanol–water partition coefficient (Wildman–Crippen LogP) is 1.97. The van der Waals surface area contributed by atoms with Gasteiger partial charge in [0.15, 0.2) is 0 Å². The molecule has 1 amide bonds. The molecule has 2 aromatic rings. The van der Waals surface area contributed by atoms with Crippen molar-refractivity contribution in [1.29, 1.82) is 0 Å². The second-order valence-corrected chi connectivity index (χ2v) is 3.86. The molecule has 0 atom stereocenters. The standard InChI is InChI=1S/C13H13N3O2/c1-16(2)12(17)10-4-6-11(7-5-10)18-13-14-8-3-9-15-13/h3-9H,1-2H3. The van der Waals surface area contributed by atoms with E-state index < -0.39 is 0 Å². The summed E-state index contributed by atoms with van der Waals surface area (Å²) < 4.78 is 5.43.